The van der Waals surface area contributed by atoms with Gasteiger partial charge in [0.15, 0.2) is 0 Å². The summed E-state index contributed by atoms with van der Waals surface area (Å²) in [6.45, 7) is 2.54. The molecule has 6 heteroatoms. The van der Waals surface area contributed by atoms with Gasteiger partial charge in [-0.3, -0.25) is 0 Å². The van der Waals surface area contributed by atoms with E-state index in [-0.39, 0.29) is 5.56 Å². The number of aryl methyl sites for hydroxylation is 1. The molecule has 0 aliphatic carbocycles. The topological polar surface area (TPSA) is 53.4 Å². The van der Waals surface area contributed by atoms with Crippen LogP contribution in [0.5, 0.6) is 0 Å². The first-order valence-electron chi connectivity index (χ1n) is 5.62. The van der Waals surface area contributed by atoms with E-state index in [1.807, 2.05) is 30.3 Å². The first-order valence-corrected chi connectivity index (χ1v) is 7.29. The minimum absolute atomic E-state index is 0.289. The number of carboxylic acids is 1. The first-order chi connectivity index (χ1) is 8.97. The number of hydrogen-bond donors (Lipinski definition) is 1. The molecule has 1 aromatic heterocycles. The van der Waals surface area contributed by atoms with Crippen LogP contribution < -0.4 is 4.90 Å². The Balaban J connectivity index is 2.29. The lowest BCUT2D eigenvalue weighted by Gasteiger charge is -2.20. The number of carboxylic acid groups (broad SMARTS) is 1. The van der Waals surface area contributed by atoms with Crippen molar-refractivity contribution in [3.8, 4) is 0 Å². The molecule has 1 heterocycles. The number of halogens is 1. The van der Waals surface area contributed by atoms with Crippen LogP contribution in [0.4, 0.5) is 5.69 Å². The van der Waals surface area contributed by atoms with E-state index in [0.717, 1.165) is 15.2 Å². The summed E-state index contributed by atoms with van der Waals surface area (Å²) in [6, 6.07) is 5.14. The lowest BCUT2D eigenvalue weighted by Crippen LogP contribution is -2.19. The van der Waals surface area contributed by atoms with Crippen LogP contribution in [0.2, 0.25) is 0 Å². The number of carbonyl (C=O) groups is 1. The van der Waals surface area contributed by atoms with Gasteiger partial charge in [0.25, 0.3) is 0 Å². The van der Waals surface area contributed by atoms with Gasteiger partial charge in [-0.1, -0.05) is 15.9 Å². The number of aromatic nitrogens is 1. The minimum atomic E-state index is -0.927. The van der Waals surface area contributed by atoms with Crippen molar-refractivity contribution in [3.63, 3.8) is 0 Å². The molecule has 0 aliphatic heterocycles. The average molecular weight is 341 g/mol. The summed E-state index contributed by atoms with van der Waals surface area (Å²) in [5.41, 5.74) is 1.91. The lowest BCUT2D eigenvalue weighted by atomic mass is 10.1. The molecule has 0 bridgehead atoms. The molecule has 1 aromatic carbocycles. The quantitative estimate of drug-likeness (QED) is 0.924. The molecule has 19 heavy (non-hydrogen) atoms. The maximum Gasteiger partial charge on any atom is 0.337 e. The van der Waals surface area contributed by atoms with Crippen molar-refractivity contribution >= 4 is 38.9 Å². The van der Waals surface area contributed by atoms with Crippen molar-refractivity contribution in [2.75, 3.05) is 11.9 Å². The van der Waals surface area contributed by atoms with Crippen molar-refractivity contribution in [1.82, 2.24) is 4.98 Å². The van der Waals surface area contributed by atoms with Crippen LogP contribution in [-0.4, -0.2) is 23.1 Å². The van der Waals surface area contributed by atoms with Crippen molar-refractivity contribution < 1.29 is 9.90 Å². The minimum Gasteiger partial charge on any atom is -0.478 e. The molecule has 0 saturated carbocycles. The van der Waals surface area contributed by atoms with Crippen LogP contribution in [-0.2, 0) is 6.54 Å². The van der Waals surface area contributed by atoms with Crippen molar-refractivity contribution in [2.24, 2.45) is 0 Å². The normalized spacial score (nSPS) is 10.5. The molecular weight excluding hydrogens is 328 g/mol. The highest BCUT2D eigenvalue weighted by Gasteiger charge is 2.14. The predicted octanol–water partition coefficient (Wildman–Crippen LogP) is 3.55. The fourth-order valence-corrected chi connectivity index (χ4v) is 2.76. The van der Waals surface area contributed by atoms with Crippen LogP contribution in [0.1, 0.15) is 21.1 Å². The van der Waals surface area contributed by atoms with Gasteiger partial charge in [-0.05, 0) is 25.1 Å². The summed E-state index contributed by atoms with van der Waals surface area (Å²) in [5, 5.41) is 12.2. The summed E-state index contributed by atoms with van der Waals surface area (Å²) in [5.74, 6) is -0.927. The first kappa shape index (κ1) is 14.0. The standard InChI is InChI=1S/C13H13BrN2O2S/c1-8-15-10(7-19-8)6-16(2)12-5-9(14)3-4-11(12)13(17)18/h3-5,7H,6H2,1-2H3,(H,17,18). The third kappa shape index (κ3) is 3.33. The van der Waals surface area contributed by atoms with E-state index < -0.39 is 5.97 Å². The molecule has 0 atom stereocenters. The number of anilines is 1. The largest absolute Gasteiger partial charge is 0.478 e. The fourth-order valence-electron chi connectivity index (χ4n) is 1.81. The van der Waals surface area contributed by atoms with Crippen molar-refractivity contribution in [1.29, 1.82) is 0 Å². The summed E-state index contributed by atoms with van der Waals surface area (Å²) in [6.07, 6.45) is 0. The molecule has 2 rings (SSSR count). The van der Waals surface area contributed by atoms with Gasteiger partial charge in [-0.15, -0.1) is 11.3 Å². The van der Waals surface area contributed by atoms with E-state index in [4.69, 9.17) is 0 Å². The lowest BCUT2D eigenvalue weighted by molar-refractivity contribution is 0.0697. The Bertz CT molecular complexity index is 612. The van der Waals surface area contributed by atoms with Gasteiger partial charge in [-0.2, -0.15) is 0 Å². The van der Waals surface area contributed by atoms with Gasteiger partial charge in [0, 0.05) is 16.9 Å². The fraction of sp³-hybridized carbons (Fsp3) is 0.231. The summed E-state index contributed by atoms with van der Waals surface area (Å²) in [4.78, 5) is 17.5. The van der Waals surface area contributed by atoms with Crippen LogP contribution in [0.25, 0.3) is 0 Å². The number of nitrogens with zero attached hydrogens (tertiary/aromatic N) is 2. The Morgan fingerprint density at radius 3 is 2.84 bits per heavy atom. The smallest absolute Gasteiger partial charge is 0.337 e. The Morgan fingerprint density at radius 2 is 2.26 bits per heavy atom. The van der Waals surface area contributed by atoms with Gasteiger partial charge in [-0.25, -0.2) is 9.78 Å². The predicted molar refractivity (Wildman–Crippen MR) is 80.1 cm³/mol. The van der Waals surface area contributed by atoms with Gasteiger partial charge in [0.1, 0.15) is 0 Å². The zero-order valence-electron chi connectivity index (χ0n) is 10.6. The van der Waals surface area contributed by atoms with E-state index in [1.165, 1.54) is 0 Å². The number of hydrogen-bond acceptors (Lipinski definition) is 4. The molecule has 4 nitrogen and oxygen atoms in total. The summed E-state index contributed by atoms with van der Waals surface area (Å²) >= 11 is 4.96. The van der Waals surface area contributed by atoms with Gasteiger partial charge < -0.3 is 10.0 Å². The Hall–Kier alpha value is -1.40. The zero-order chi connectivity index (χ0) is 14.0. The van der Waals surface area contributed by atoms with E-state index in [1.54, 1.807) is 23.5 Å². The second-order valence-corrected chi connectivity index (χ2v) is 6.16. The molecule has 1 N–H and O–H groups in total. The van der Waals surface area contributed by atoms with Crippen molar-refractivity contribution in [2.45, 2.75) is 13.5 Å². The van der Waals surface area contributed by atoms with E-state index >= 15 is 0 Å². The number of thiazole rings is 1. The highest BCUT2D eigenvalue weighted by atomic mass is 79.9. The van der Waals surface area contributed by atoms with Gasteiger partial charge in [0.2, 0.25) is 0 Å². The second kappa shape index (κ2) is 5.71. The van der Waals surface area contributed by atoms with Gasteiger partial charge in [0.05, 0.1) is 28.5 Å². The number of aromatic carboxylic acids is 1. The third-order valence-corrected chi connectivity index (χ3v) is 3.98. The Labute approximate surface area is 123 Å². The summed E-state index contributed by atoms with van der Waals surface area (Å²) < 4.78 is 0.855. The maximum atomic E-state index is 11.2. The van der Waals surface area contributed by atoms with E-state index in [9.17, 15) is 9.90 Å². The Kier molecular flexibility index (Phi) is 4.21. The highest BCUT2D eigenvalue weighted by Crippen LogP contribution is 2.26. The zero-order valence-corrected chi connectivity index (χ0v) is 13.0. The van der Waals surface area contributed by atoms with Crippen LogP contribution in [0.3, 0.4) is 0 Å². The van der Waals surface area contributed by atoms with Crippen LogP contribution in [0, 0.1) is 6.92 Å². The maximum absolute atomic E-state index is 11.2. The number of benzene rings is 1. The van der Waals surface area contributed by atoms with Gasteiger partial charge >= 0.3 is 5.97 Å². The monoisotopic (exact) mass is 340 g/mol. The second-order valence-electron chi connectivity index (χ2n) is 4.18. The molecule has 0 spiro atoms. The molecule has 0 unspecified atom stereocenters. The van der Waals surface area contributed by atoms with Crippen LogP contribution in [0.15, 0.2) is 28.1 Å². The molecule has 2 aromatic rings. The van der Waals surface area contributed by atoms with E-state index in [0.29, 0.717) is 12.2 Å². The van der Waals surface area contributed by atoms with Crippen LogP contribution >= 0.6 is 27.3 Å². The molecule has 0 amide bonds. The molecular formula is C13H13BrN2O2S. The molecule has 0 aliphatic rings. The Morgan fingerprint density at radius 1 is 1.53 bits per heavy atom. The molecule has 100 valence electrons. The highest BCUT2D eigenvalue weighted by molar-refractivity contribution is 9.10. The molecule has 0 radical (unpaired) electrons. The SMILES string of the molecule is Cc1nc(CN(C)c2cc(Br)ccc2C(=O)O)cs1. The van der Waals surface area contributed by atoms with E-state index in [2.05, 4.69) is 20.9 Å². The van der Waals surface area contributed by atoms with Crippen molar-refractivity contribution in [3.05, 3.63) is 44.3 Å². The molecule has 0 fully saturated rings. The average Bonchev–Trinajstić information content (AvgIpc) is 2.74. The summed E-state index contributed by atoms with van der Waals surface area (Å²) in [7, 11) is 1.86. The number of rotatable bonds is 4. The molecule has 0 saturated heterocycles. The third-order valence-electron chi connectivity index (χ3n) is 2.67.